The second-order valence-corrected chi connectivity index (χ2v) is 6.47. The molecule has 1 aliphatic rings. The number of Topliss-reactive ketones (excluding diaryl/α,β-unsaturated/α-hetero) is 1. The number of halogens is 2. The fraction of sp³-hybridized carbons (Fsp3) is 0.238. The van der Waals surface area contributed by atoms with E-state index in [2.05, 4.69) is 4.57 Å². The summed E-state index contributed by atoms with van der Waals surface area (Å²) in [6.07, 6.45) is 4.00. The Hall–Kier alpha value is -2.47. The molecule has 0 radical (unpaired) electrons. The van der Waals surface area contributed by atoms with Crippen LogP contribution in [0.2, 0.25) is 0 Å². The number of aromatic nitrogens is 2. The number of hydrogen-bond donors (Lipinski definition) is 0. The lowest BCUT2D eigenvalue weighted by molar-refractivity contribution is -0.689. The van der Waals surface area contributed by atoms with E-state index in [1.807, 2.05) is 10.8 Å². The van der Waals surface area contributed by atoms with E-state index >= 15 is 0 Å². The first-order valence-electron chi connectivity index (χ1n) is 8.71. The Labute approximate surface area is 168 Å². The molecule has 0 unspecified atom stereocenters. The van der Waals surface area contributed by atoms with Crippen LogP contribution in [0.1, 0.15) is 22.6 Å². The van der Waals surface area contributed by atoms with E-state index < -0.39 is 0 Å². The molecule has 0 bridgehead atoms. The van der Waals surface area contributed by atoms with Crippen LogP contribution < -0.4 is 26.3 Å². The lowest BCUT2D eigenvalue weighted by atomic mass is 10.1. The minimum absolute atomic E-state index is 0. The third kappa shape index (κ3) is 3.81. The fourth-order valence-corrected chi connectivity index (χ4v) is 3.52. The molecular formula is C21H20BrFN2O2. The van der Waals surface area contributed by atoms with E-state index in [0.29, 0.717) is 12.1 Å². The van der Waals surface area contributed by atoms with Crippen molar-refractivity contribution in [1.82, 2.24) is 4.57 Å². The van der Waals surface area contributed by atoms with Crippen LogP contribution in [0, 0.1) is 5.82 Å². The van der Waals surface area contributed by atoms with E-state index in [4.69, 9.17) is 4.74 Å². The summed E-state index contributed by atoms with van der Waals surface area (Å²) in [6, 6.07) is 13.7. The zero-order valence-corrected chi connectivity index (χ0v) is 16.6. The lowest BCUT2D eigenvalue weighted by Crippen LogP contribution is -3.00. The number of methoxy groups -OCH3 is 1. The molecular weight excluding hydrogens is 411 g/mol. The van der Waals surface area contributed by atoms with Gasteiger partial charge < -0.3 is 21.7 Å². The third-order valence-corrected chi connectivity index (χ3v) is 4.86. The summed E-state index contributed by atoms with van der Waals surface area (Å²) in [6.45, 7) is 1.22. The number of carbonyl (C=O) groups excluding carboxylic acids is 1. The Balaban J connectivity index is 0.00000210. The third-order valence-electron chi connectivity index (χ3n) is 4.86. The van der Waals surface area contributed by atoms with E-state index in [0.717, 1.165) is 42.2 Å². The van der Waals surface area contributed by atoms with Crippen molar-refractivity contribution in [1.29, 1.82) is 0 Å². The largest absolute Gasteiger partial charge is 1.00 e. The molecule has 0 aliphatic carbocycles. The number of carbonyl (C=O) groups is 1. The normalized spacial score (nSPS) is 12.4. The van der Waals surface area contributed by atoms with Gasteiger partial charge in [-0.05, 0) is 55.0 Å². The zero-order valence-electron chi connectivity index (χ0n) is 15.0. The number of fused-ring (bicyclic) bond motifs is 1. The zero-order chi connectivity index (χ0) is 18.1. The summed E-state index contributed by atoms with van der Waals surface area (Å²) in [5.41, 5.74) is 2.66. The monoisotopic (exact) mass is 430 g/mol. The average molecular weight is 431 g/mol. The second-order valence-electron chi connectivity index (χ2n) is 6.47. The molecule has 0 amide bonds. The molecule has 140 valence electrons. The summed E-state index contributed by atoms with van der Waals surface area (Å²) in [5.74, 6) is 1.69. The lowest BCUT2D eigenvalue weighted by Gasteiger charge is -2.02. The molecule has 2 heterocycles. The second kappa shape index (κ2) is 8.05. The molecule has 4 nitrogen and oxygen atoms in total. The van der Waals surface area contributed by atoms with Gasteiger partial charge in [-0.3, -0.25) is 4.79 Å². The average Bonchev–Trinajstić information content (AvgIpc) is 3.26. The van der Waals surface area contributed by atoms with Gasteiger partial charge in [0.15, 0.2) is 12.2 Å². The smallest absolute Gasteiger partial charge is 0.257 e. The first-order chi connectivity index (χ1) is 12.7. The van der Waals surface area contributed by atoms with Gasteiger partial charge in [0.1, 0.15) is 17.8 Å². The molecule has 1 aliphatic heterocycles. The highest BCUT2D eigenvalue weighted by Gasteiger charge is 2.29. The molecule has 4 rings (SSSR count). The molecule has 0 N–H and O–H groups in total. The molecule has 1 aromatic heterocycles. The van der Waals surface area contributed by atoms with Crippen LogP contribution in [0.4, 0.5) is 4.39 Å². The van der Waals surface area contributed by atoms with Crippen LogP contribution in [-0.2, 0) is 19.5 Å². The highest BCUT2D eigenvalue weighted by atomic mass is 79.9. The number of ketones is 1. The summed E-state index contributed by atoms with van der Waals surface area (Å²) in [5, 5.41) is 0. The number of benzene rings is 2. The Morgan fingerprint density at radius 1 is 1.15 bits per heavy atom. The molecule has 27 heavy (non-hydrogen) atoms. The van der Waals surface area contributed by atoms with Gasteiger partial charge in [-0.25, -0.2) is 13.5 Å². The van der Waals surface area contributed by atoms with Crippen LogP contribution in [0.15, 0.2) is 54.7 Å². The van der Waals surface area contributed by atoms with Crippen LogP contribution in [0.3, 0.4) is 0 Å². The van der Waals surface area contributed by atoms with Crippen LogP contribution in [-0.4, -0.2) is 17.5 Å². The first kappa shape index (κ1) is 19.3. The number of hydrogen-bond acceptors (Lipinski definition) is 2. The van der Waals surface area contributed by atoms with Gasteiger partial charge in [0.2, 0.25) is 5.78 Å². The molecule has 0 atom stereocenters. The number of imidazole rings is 1. The Morgan fingerprint density at radius 2 is 1.85 bits per heavy atom. The van der Waals surface area contributed by atoms with E-state index in [9.17, 15) is 9.18 Å². The van der Waals surface area contributed by atoms with Gasteiger partial charge in [0.25, 0.3) is 5.82 Å². The SMILES string of the molecule is COc1ccc(C(=O)C[n+]2cc(-c3ccc(F)cc3)n3c2CCC3)cc1.[Br-]. The molecule has 2 aromatic carbocycles. The Bertz CT molecular complexity index is 950. The molecule has 6 heteroatoms. The van der Waals surface area contributed by atoms with Crippen molar-refractivity contribution < 1.29 is 35.5 Å². The van der Waals surface area contributed by atoms with Crippen molar-refractivity contribution in [2.24, 2.45) is 0 Å². The number of nitrogens with zero attached hydrogens (tertiary/aromatic N) is 2. The molecule has 0 fully saturated rings. The van der Waals surface area contributed by atoms with E-state index in [-0.39, 0.29) is 28.6 Å². The first-order valence-corrected chi connectivity index (χ1v) is 8.71. The van der Waals surface area contributed by atoms with Crippen molar-refractivity contribution >= 4 is 5.78 Å². The van der Waals surface area contributed by atoms with Crippen LogP contribution >= 0.6 is 0 Å². The van der Waals surface area contributed by atoms with Gasteiger partial charge in [0.05, 0.1) is 20.1 Å². The van der Waals surface area contributed by atoms with Crippen molar-refractivity contribution in [3.63, 3.8) is 0 Å². The summed E-state index contributed by atoms with van der Waals surface area (Å²) >= 11 is 0. The highest BCUT2D eigenvalue weighted by molar-refractivity contribution is 5.95. The standard InChI is InChI=1S/C21H20FN2O2.BrH/c1-26-18-10-6-16(7-11-18)20(25)14-23-13-19(24-12-2-3-21(23)24)15-4-8-17(22)9-5-15;/h4-11,13H,2-3,12,14H2,1H3;1H/q+1;/p-1. The van der Waals surface area contributed by atoms with Crippen LogP contribution in [0.25, 0.3) is 11.3 Å². The highest BCUT2D eigenvalue weighted by Crippen LogP contribution is 2.25. The predicted octanol–water partition coefficient (Wildman–Crippen LogP) is 0.423. The van der Waals surface area contributed by atoms with Gasteiger partial charge >= 0.3 is 0 Å². The molecule has 0 saturated carbocycles. The summed E-state index contributed by atoms with van der Waals surface area (Å²) in [4.78, 5) is 12.7. The molecule has 0 spiro atoms. The number of rotatable bonds is 5. The van der Waals surface area contributed by atoms with Gasteiger partial charge in [0, 0.05) is 11.1 Å². The Morgan fingerprint density at radius 3 is 2.52 bits per heavy atom. The van der Waals surface area contributed by atoms with Crippen LogP contribution in [0.5, 0.6) is 5.75 Å². The fourth-order valence-electron chi connectivity index (χ4n) is 3.52. The quantitative estimate of drug-likeness (QED) is 0.434. The van der Waals surface area contributed by atoms with Gasteiger partial charge in [-0.2, -0.15) is 0 Å². The van der Waals surface area contributed by atoms with E-state index in [1.54, 1.807) is 43.5 Å². The molecule has 3 aromatic rings. The summed E-state index contributed by atoms with van der Waals surface area (Å²) < 4.78 is 22.6. The van der Waals surface area contributed by atoms with Gasteiger partial charge in [-0.15, -0.1) is 0 Å². The van der Waals surface area contributed by atoms with Crippen molar-refractivity contribution in [3.8, 4) is 17.0 Å². The topological polar surface area (TPSA) is 35.1 Å². The van der Waals surface area contributed by atoms with Crippen molar-refractivity contribution in [2.45, 2.75) is 25.9 Å². The van der Waals surface area contributed by atoms with Crippen molar-refractivity contribution in [3.05, 3.63) is 71.9 Å². The Kier molecular flexibility index (Phi) is 5.75. The minimum atomic E-state index is -0.246. The maximum atomic E-state index is 13.2. The maximum Gasteiger partial charge on any atom is 0.257 e. The van der Waals surface area contributed by atoms with E-state index in [1.165, 1.54) is 12.1 Å². The van der Waals surface area contributed by atoms with Crippen molar-refractivity contribution in [2.75, 3.05) is 7.11 Å². The maximum absolute atomic E-state index is 13.2. The minimum Gasteiger partial charge on any atom is -1.00 e. The predicted molar refractivity (Wildman–Crippen MR) is 95.7 cm³/mol. The number of ether oxygens (including phenoxy) is 1. The molecule has 0 saturated heterocycles. The van der Waals surface area contributed by atoms with Gasteiger partial charge in [-0.1, -0.05) is 0 Å². The summed E-state index contributed by atoms with van der Waals surface area (Å²) in [7, 11) is 1.61.